The fraction of sp³-hybridized carbons (Fsp3) is 0.500. The molecule has 0 rings (SSSR count). The van der Waals surface area contributed by atoms with E-state index in [4.69, 9.17) is 49.5 Å². The molecule has 0 aliphatic heterocycles. The quantitative estimate of drug-likeness (QED) is 0.378. The van der Waals surface area contributed by atoms with E-state index in [0.717, 1.165) is 34.6 Å². The summed E-state index contributed by atoms with van der Waals surface area (Å²) < 4.78 is 0. The van der Waals surface area contributed by atoms with Gasteiger partial charge in [-0.2, -0.15) is 0 Å². The maximum Gasteiger partial charge on any atom is 2.00 e. The Bertz CT molecular complexity index is 216. The van der Waals surface area contributed by atoms with Crippen LogP contribution in [0.25, 0.3) is 0 Å². The van der Waals surface area contributed by atoms with Crippen molar-refractivity contribution in [1.82, 2.24) is 0 Å². The molecule has 0 bridgehead atoms. The molecule has 0 saturated heterocycles. The average Bonchev–Trinajstić information content (AvgIpc) is 1.94. The van der Waals surface area contributed by atoms with Gasteiger partial charge < -0.3 is 44.7 Å². The first kappa shape index (κ1) is 42.8. The SMILES string of the molecule is CC(=O)O.CC(=O)[O-].CC(=O)[O-].CC(=O)[O-].CC(=O)[O-].[Mn+2].[Ni+2]. The maximum atomic E-state index is 9.00. The van der Waals surface area contributed by atoms with Gasteiger partial charge in [-0.15, -0.1) is 0 Å². The molecule has 133 valence electrons. The van der Waals surface area contributed by atoms with Crippen molar-refractivity contribution in [3.8, 4) is 0 Å². The monoisotopic (exact) mass is 409 g/mol. The van der Waals surface area contributed by atoms with Gasteiger partial charge in [-0.25, -0.2) is 0 Å². The number of rotatable bonds is 0. The number of carbonyl (C=O) groups is 5. The molecule has 0 amide bonds. The van der Waals surface area contributed by atoms with Crippen LogP contribution in [-0.2, 0) is 57.5 Å². The normalized spacial score (nSPS) is 5.68. The van der Waals surface area contributed by atoms with Gasteiger partial charge in [0, 0.05) is 30.8 Å². The summed E-state index contributed by atoms with van der Waals surface area (Å²) in [5.74, 6) is -5.17. The Morgan fingerprint density at radius 1 is 0.591 bits per heavy atom. The molecule has 0 unspecified atom stereocenters. The Labute approximate surface area is 147 Å². The molecule has 0 aliphatic rings. The van der Waals surface area contributed by atoms with Crippen molar-refractivity contribution in [2.45, 2.75) is 34.6 Å². The molecule has 0 aromatic heterocycles. The topological polar surface area (TPSA) is 198 Å². The van der Waals surface area contributed by atoms with Gasteiger partial charge in [-0.1, -0.05) is 0 Å². The van der Waals surface area contributed by atoms with E-state index in [2.05, 4.69) is 0 Å². The molecule has 0 aromatic rings. The first-order valence-corrected chi connectivity index (χ1v) is 4.56. The molecule has 22 heavy (non-hydrogen) atoms. The van der Waals surface area contributed by atoms with Crippen molar-refractivity contribution in [2.24, 2.45) is 0 Å². The third-order valence-electron chi connectivity index (χ3n) is 0. The van der Waals surface area contributed by atoms with E-state index in [0.29, 0.717) is 0 Å². The molecule has 1 N–H and O–H groups in total. The van der Waals surface area contributed by atoms with Crippen molar-refractivity contribution in [2.75, 3.05) is 0 Å². The second kappa shape index (κ2) is 36.6. The minimum absolute atomic E-state index is 0. The van der Waals surface area contributed by atoms with Gasteiger partial charge in [-0.3, -0.25) is 4.79 Å². The maximum absolute atomic E-state index is 9.00. The van der Waals surface area contributed by atoms with Crippen LogP contribution in [0, 0.1) is 0 Å². The van der Waals surface area contributed by atoms with Crippen LogP contribution in [-0.4, -0.2) is 35.0 Å². The van der Waals surface area contributed by atoms with E-state index in [1.807, 2.05) is 0 Å². The van der Waals surface area contributed by atoms with Gasteiger partial charge in [0.05, 0.1) is 0 Å². The fourth-order valence-electron chi connectivity index (χ4n) is 0. The molecule has 0 aromatic carbocycles. The third kappa shape index (κ3) is 2070. The second-order valence-corrected chi connectivity index (χ2v) is 2.49. The largest absolute Gasteiger partial charge is 2.00 e. The number of hydrogen-bond donors (Lipinski definition) is 1. The Balaban J connectivity index is -0.0000000250. The molecular weight excluding hydrogens is 394 g/mol. The zero-order chi connectivity index (χ0) is 17.9. The summed E-state index contributed by atoms with van der Waals surface area (Å²) in [5, 5.41) is 43.0. The van der Waals surface area contributed by atoms with E-state index in [-0.39, 0.29) is 33.6 Å². The number of carboxylic acids is 5. The smallest absolute Gasteiger partial charge is 0.550 e. The minimum Gasteiger partial charge on any atom is -0.550 e. The first-order valence-electron chi connectivity index (χ1n) is 4.56. The Morgan fingerprint density at radius 2 is 0.591 bits per heavy atom. The summed E-state index contributed by atoms with van der Waals surface area (Å²) in [5.41, 5.74) is 0. The van der Waals surface area contributed by atoms with E-state index in [9.17, 15) is 0 Å². The predicted octanol–water partition coefficient (Wildman–Crippen LogP) is -4.89. The molecule has 12 heteroatoms. The van der Waals surface area contributed by atoms with Crippen LogP contribution >= 0.6 is 0 Å². The fourth-order valence-corrected chi connectivity index (χ4v) is 0. The Kier molecular flexibility index (Phi) is 71.1. The molecule has 0 aliphatic carbocycles. The zero-order valence-corrected chi connectivity index (χ0v) is 14.5. The van der Waals surface area contributed by atoms with Crippen molar-refractivity contribution >= 4 is 29.8 Å². The van der Waals surface area contributed by atoms with Gasteiger partial charge in [0.1, 0.15) is 0 Å². The summed E-state index contributed by atoms with van der Waals surface area (Å²) in [6.45, 7) is 4.97. The molecular formula is C10H16MnNiO10. The van der Waals surface area contributed by atoms with Crippen LogP contribution in [0.3, 0.4) is 0 Å². The molecule has 0 heterocycles. The standard InChI is InChI=1S/5C2H4O2.Mn.Ni/c5*1-2(3)4;;/h5*1H3,(H,3,4);;/q;;;;;2*+2/p-4. The van der Waals surface area contributed by atoms with Crippen LogP contribution in [0.4, 0.5) is 0 Å². The van der Waals surface area contributed by atoms with Crippen LogP contribution in [0.1, 0.15) is 34.6 Å². The van der Waals surface area contributed by atoms with Gasteiger partial charge in [0.2, 0.25) is 0 Å². The molecule has 0 spiro atoms. The molecule has 0 saturated carbocycles. The van der Waals surface area contributed by atoms with Crippen LogP contribution in [0.15, 0.2) is 0 Å². The van der Waals surface area contributed by atoms with Gasteiger partial charge in [0.15, 0.2) is 0 Å². The van der Waals surface area contributed by atoms with Crippen LogP contribution in [0.2, 0.25) is 0 Å². The summed E-state index contributed by atoms with van der Waals surface area (Å²) in [4.78, 5) is 44.6. The molecule has 0 fully saturated rings. The van der Waals surface area contributed by atoms with Crippen LogP contribution < -0.4 is 20.4 Å². The molecule has 1 radical (unpaired) electrons. The first-order chi connectivity index (χ1) is 8.66. The Morgan fingerprint density at radius 3 is 0.591 bits per heavy atom. The van der Waals surface area contributed by atoms with Gasteiger partial charge >= 0.3 is 33.6 Å². The molecule has 0 atom stereocenters. The predicted molar refractivity (Wildman–Crippen MR) is 56.0 cm³/mol. The number of hydrogen-bond acceptors (Lipinski definition) is 9. The third-order valence-corrected chi connectivity index (χ3v) is 0. The van der Waals surface area contributed by atoms with E-state index >= 15 is 0 Å². The summed E-state index contributed by atoms with van der Waals surface area (Å²) >= 11 is 0. The van der Waals surface area contributed by atoms with Crippen LogP contribution in [0.5, 0.6) is 0 Å². The van der Waals surface area contributed by atoms with Crippen molar-refractivity contribution in [3.05, 3.63) is 0 Å². The minimum atomic E-state index is -1.08. The number of carbonyl (C=O) groups excluding carboxylic acids is 4. The summed E-state index contributed by atoms with van der Waals surface area (Å²) in [6, 6.07) is 0. The summed E-state index contributed by atoms with van der Waals surface area (Å²) in [6.07, 6.45) is 0. The van der Waals surface area contributed by atoms with E-state index in [1.54, 1.807) is 0 Å². The van der Waals surface area contributed by atoms with Crippen molar-refractivity contribution in [1.29, 1.82) is 0 Å². The van der Waals surface area contributed by atoms with Crippen molar-refractivity contribution in [3.63, 3.8) is 0 Å². The summed E-state index contributed by atoms with van der Waals surface area (Å²) in [7, 11) is 0. The molecule has 10 nitrogen and oxygen atoms in total. The van der Waals surface area contributed by atoms with Crippen molar-refractivity contribution < 1.29 is 83.1 Å². The van der Waals surface area contributed by atoms with Gasteiger partial charge in [0.25, 0.3) is 5.97 Å². The number of aliphatic carboxylic acids is 5. The van der Waals surface area contributed by atoms with E-state index in [1.165, 1.54) is 0 Å². The second-order valence-electron chi connectivity index (χ2n) is 2.49. The van der Waals surface area contributed by atoms with Gasteiger partial charge in [-0.05, 0) is 27.7 Å². The zero-order valence-electron chi connectivity index (χ0n) is 12.3. The van der Waals surface area contributed by atoms with E-state index < -0.39 is 29.8 Å². The number of carboxylic acid groups (broad SMARTS) is 5. The average molecular weight is 410 g/mol. The Hall–Kier alpha value is -1.64.